The van der Waals surface area contributed by atoms with Crippen molar-refractivity contribution < 1.29 is 18.8 Å². The molecule has 1 heterocycles. The number of rotatable bonds is 7. The highest BCUT2D eigenvalue weighted by atomic mass is 16.5. The van der Waals surface area contributed by atoms with Gasteiger partial charge >= 0.3 is 5.97 Å². The van der Waals surface area contributed by atoms with Gasteiger partial charge < -0.3 is 9.47 Å². The Morgan fingerprint density at radius 1 is 1.39 bits per heavy atom. The van der Waals surface area contributed by atoms with Crippen LogP contribution in [0.15, 0.2) is 12.3 Å². The molecule has 0 aromatic rings. The molecule has 0 bridgehead atoms. The lowest BCUT2D eigenvalue weighted by atomic mass is 10.0. The molecule has 1 rings (SSSR count). The highest BCUT2D eigenvalue weighted by Crippen LogP contribution is 2.16. The van der Waals surface area contributed by atoms with E-state index in [1.165, 1.54) is 7.11 Å². The van der Waals surface area contributed by atoms with Crippen LogP contribution in [0.25, 0.3) is 0 Å². The largest absolute Gasteiger partial charge is 0.469 e. The van der Waals surface area contributed by atoms with Crippen molar-refractivity contribution in [2.24, 2.45) is 11.8 Å². The fraction of sp³-hybridized carbons (Fsp3) is 0.714. The maximum Gasteiger partial charge on any atom is 0.305 e. The zero-order chi connectivity index (χ0) is 13.5. The van der Waals surface area contributed by atoms with Crippen molar-refractivity contribution in [1.82, 2.24) is 0 Å². The van der Waals surface area contributed by atoms with E-state index in [2.05, 4.69) is 41.7 Å². The van der Waals surface area contributed by atoms with Gasteiger partial charge in [0.25, 0.3) is 0 Å². The van der Waals surface area contributed by atoms with Crippen LogP contribution in [0.5, 0.6) is 0 Å². The van der Waals surface area contributed by atoms with E-state index in [1.807, 2.05) is 0 Å². The molecule has 18 heavy (non-hydrogen) atoms. The highest BCUT2D eigenvalue weighted by molar-refractivity contribution is 5.70. The molecule has 0 spiro atoms. The molecule has 0 saturated heterocycles. The topological polar surface area (TPSA) is 38.5 Å². The zero-order valence-corrected chi connectivity index (χ0v) is 11.8. The predicted octanol–water partition coefficient (Wildman–Crippen LogP) is 1.84. The van der Waals surface area contributed by atoms with Crippen LogP contribution in [0.1, 0.15) is 26.7 Å². The third-order valence-corrected chi connectivity index (χ3v) is 3.27. The Morgan fingerprint density at radius 2 is 2.11 bits per heavy atom. The summed E-state index contributed by atoms with van der Waals surface area (Å²) in [5, 5.41) is 0. The lowest BCUT2D eigenvalue weighted by Crippen LogP contribution is -2.32. The van der Waals surface area contributed by atoms with E-state index < -0.39 is 0 Å². The molecule has 0 amide bonds. The standard InChI is InChI=1S/C14H24NO3/c1-11(2)13(10-17-3)15-8-7-12(9-15)5-6-14(16)18-4/h7-9,11-13H,5-6,10H2,1-4H3/q+1/t12-,13+/m0/s1. The molecular weight excluding hydrogens is 230 g/mol. The molecular formula is C14H24NO3+. The van der Waals surface area contributed by atoms with Crippen molar-refractivity contribution in [2.75, 3.05) is 20.8 Å². The Morgan fingerprint density at radius 3 is 2.67 bits per heavy atom. The number of ether oxygens (including phenoxy) is 2. The average Bonchev–Trinajstić information content (AvgIpc) is 2.80. The van der Waals surface area contributed by atoms with E-state index in [4.69, 9.17) is 4.74 Å². The Labute approximate surface area is 109 Å². The predicted molar refractivity (Wildman–Crippen MR) is 70.7 cm³/mol. The smallest absolute Gasteiger partial charge is 0.305 e. The Hall–Kier alpha value is -1.16. The summed E-state index contributed by atoms with van der Waals surface area (Å²) in [6.07, 6.45) is 7.66. The minimum Gasteiger partial charge on any atom is -0.469 e. The number of hydrogen-bond donors (Lipinski definition) is 0. The lowest BCUT2D eigenvalue weighted by molar-refractivity contribution is -0.507. The molecule has 0 aliphatic carbocycles. The third kappa shape index (κ3) is 4.26. The molecule has 0 fully saturated rings. The lowest BCUT2D eigenvalue weighted by Gasteiger charge is -2.15. The van der Waals surface area contributed by atoms with Crippen molar-refractivity contribution in [3.63, 3.8) is 0 Å². The number of allylic oxidation sites excluding steroid dienone is 1. The van der Waals surface area contributed by atoms with Gasteiger partial charge in [-0.1, -0.05) is 13.8 Å². The van der Waals surface area contributed by atoms with E-state index >= 15 is 0 Å². The summed E-state index contributed by atoms with van der Waals surface area (Å²) in [6, 6.07) is 0.356. The maximum atomic E-state index is 11.1. The van der Waals surface area contributed by atoms with Gasteiger partial charge in [0.15, 0.2) is 18.5 Å². The normalized spacial score (nSPS) is 20.1. The summed E-state index contributed by atoms with van der Waals surface area (Å²) >= 11 is 0. The third-order valence-electron chi connectivity index (χ3n) is 3.27. The average molecular weight is 254 g/mol. The van der Waals surface area contributed by atoms with Gasteiger partial charge in [-0.15, -0.1) is 0 Å². The quantitative estimate of drug-likeness (QED) is 0.514. The first-order valence-corrected chi connectivity index (χ1v) is 6.45. The van der Waals surface area contributed by atoms with Crippen molar-refractivity contribution >= 4 is 12.2 Å². The van der Waals surface area contributed by atoms with Crippen LogP contribution in [-0.4, -0.2) is 43.6 Å². The van der Waals surface area contributed by atoms with Gasteiger partial charge in [0.2, 0.25) is 0 Å². The van der Waals surface area contributed by atoms with Crippen LogP contribution < -0.4 is 0 Å². The van der Waals surface area contributed by atoms with Crippen LogP contribution in [0, 0.1) is 11.8 Å². The molecule has 1 aliphatic heterocycles. The first kappa shape index (κ1) is 14.9. The van der Waals surface area contributed by atoms with Crippen LogP contribution in [0.4, 0.5) is 0 Å². The van der Waals surface area contributed by atoms with E-state index in [1.54, 1.807) is 7.11 Å². The van der Waals surface area contributed by atoms with Crippen LogP contribution >= 0.6 is 0 Å². The molecule has 0 radical (unpaired) electrons. The second-order valence-electron chi connectivity index (χ2n) is 4.98. The first-order chi connectivity index (χ1) is 8.58. The first-order valence-electron chi connectivity index (χ1n) is 6.45. The molecule has 1 aliphatic rings. The zero-order valence-electron chi connectivity index (χ0n) is 11.8. The number of hydrogen-bond acceptors (Lipinski definition) is 3. The van der Waals surface area contributed by atoms with E-state index in [-0.39, 0.29) is 5.97 Å². The minimum absolute atomic E-state index is 0.146. The van der Waals surface area contributed by atoms with Crippen molar-refractivity contribution in [2.45, 2.75) is 32.7 Å². The van der Waals surface area contributed by atoms with Crippen LogP contribution in [0.3, 0.4) is 0 Å². The molecule has 0 aromatic carbocycles. The van der Waals surface area contributed by atoms with E-state index in [0.29, 0.717) is 30.9 Å². The van der Waals surface area contributed by atoms with Gasteiger partial charge in [0.1, 0.15) is 6.61 Å². The summed E-state index contributed by atoms with van der Waals surface area (Å²) in [4.78, 5) is 11.1. The summed E-state index contributed by atoms with van der Waals surface area (Å²) in [5.74, 6) is 0.694. The van der Waals surface area contributed by atoms with Gasteiger partial charge in [0, 0.05) is 19.4 Å². The molecule has 0 saturated carbocycles. The van der Waals surface area contributed by atoms with Crippen molar-refractivity contribution in [3.05, 3.63) is 12.3 Å². The second-order valence-corrected chi connectivity index (χ2v) is 4.98. The molecule has 0 N–H and O–H groups in total. The molecule has 102 valence electrons. The van der Waals surface area contributed by atoms with E-state index in [9.17, 15) is 4.79 Å². The molecule has 4 heteroatoms. The maximum absolute atomic E-state index is 11.1. The molecule has 0 unspecified atom stereocenters. The number of esters is 1. The molecule has 4 nitrogen and oxygen atoms in total. The fourth-order valence-electron chi connectivity index (χ4n) is 2.10. The van der Waals surface area contributed by atoms with Gasteiger partial charge in [-0.05, 0) is 12.5 Å². The minimum atomic E-state index is -0.146. The second kappa shape index (κ2) is 7.31. The van der Waals surface area contributed by atoms with Crippen molar-refractivity contribution in [3.8, 4) is 0 Å². The number of nitrogens with zero attached hydrogens (tertiary/aromatic N) is 1. The van der Waals surface area contributed by atoms with Gasteiger partial charge in [-0.25, -0.2) is 4.58 Å². The molecule has 0 aromatic heterocycles. The van der Waals surface area contributed by atoms with Crippen LogP contribution in [-0.2, 0) is 14.3 Å². The Bertz CT molecular complexity index is 334. The fourth-order valence-corrected chi connectivity index (χ4v) is 2.10. The van der Waals surface area contributed by atoms with Gasteiger partial charge in [-0.3, -0.25) is 4.79 Å². The molecule has 2 atom stereocenters. The Kier molecular flexibility index (Phi) is 6.05. The van der Waals surface area contributed by atoms with E-state index in [0.717, 1.165) is 6.42 Å². The monoisotopic (exact) mass is 254 g/mol. The number of methoxy groups -OCH3 is 2. The Balaban J connectivity index is 2.54. The SMILES string of the molecule is COC[C@H](C(C)C)[N+]1=C[C@@H](CCC(=O)OC)C=C1. The summed E-state index contributed by atoms with van der Waals surface area (Å²) in [5.41, 5.74) is 0. The van der Waals surface area contributed by atoms with Gasteiger partial charge in [-0.2, -0.15) is 0 Å². The summed E-state index contributed by atoms with van der Waals surface area (Å²) < 4.78 is 12.1. The number of carbonyl (C=O) groups excluding carboxylic acids is 1. The van der Waals surface area contributed by atoms with Gasteiger partial charge in [0.05, 0.1) is 13.0 Å². The number of carbonyl (C=O) groups is 1. The summed E-state index contributed by atoms with van der Waals surface area (Å²) in [7, 11) is 3.15. The highest BCUT2D eigenvalue weighted by Gasteiger charge is 2.27. The van der Waals surface area contributed by atoms with Crippen LogP contribution in [0.2, 0.25) is 0 Å². The summed E-state index contributed by atoms with van der Waals surface area (Å²) in [6.45, 7) is 5.09. The van der Waals surface area contributed by atoms with Crippen molar-refractivity contribution in [1.29, 1.82) is 0 Å².